The molecular weight excluding hydrogens is 425 g/mol. The third-order valence-corrected chi connectivity index (χ3v) is 7.32. The summed E-state index contributed by atoms with van der Waals surface area (Å²) in [6, 6.07) is 5.77. The molecule has 2 fully saturated rings. The number of halogens is 4. The van der Waals surface area contributed by atoms with E-state index in [-0.39, 0.29) is 23.8 Å². The molecule has 0 bridgehead atoms. The van der Waals surface area contributed by atoms with Gasteiger partial charge in [-0.3, -0.25) is 10.1 Å². The lowest BCUT2D eigenvalue weighted by Crippen LogP contribution is -2.71. The van der Waals surface area contributed by atoms with E-state index in [1.165, 1.54) is 0 Å². The molecule has 1 N–H and O–H groups in total. The maximum absolute atomic E-state index is 14.0. The number of carbonyl (C=O) groups excluding carboxylic acids is 1. The predicted molar refractivity (Wildman–Crippen MR) is 118 cm³/mol. The van der Waals surface area contributed by atoms with Crippen molar-refractivity contribution in [2.45, 2.75) is 90.1 Å². The highest BCUT2D eigenvalue weighted by Gasteiger charge is 2.53. The molecule has 1 amide bonds. The maximum atomic E-state index is 14.0. The van der Waals surface area contributed by atoms with Gasteiger partial charge in [-0.2, -0.15) is 13.2 Å². The van der Waals surface area contributed by atoms with Gasteiger partial charge in [-0.1, -0.05) is 69.8 Å². The third kappa shape index (κ3) is 5.39. The Kier molecular flexibility index (Phi) is 7.95. The summed E-state index contributed by atoms with van der Waals surface area (Å²) in [6.07, 6.45) is -0.132. The van der Waals surface area contributed by atoms with Crippen molar-refractivity contribution in [2.75, 3.05) is 0 Å². The monoisotopic (exact) mass is 458 g/mol. The van der Waals surface area contributed by atoms with E-state index in [4.69, 9.17) is 11.6 Å². The first kappa shape index (κ1) is 24.4. The van der Waals surface area contributed by atoms with Crippen LogP contribution in [0.5, 0.6) is 0 Å². The normalized spacial score (nSPS) is 24.9. The van der Waals surface area contributed by atoms with Crippen LogP contribution < -0.4 is 5.32 Å². The van der Waals surface area contributed by atoms with E-state index in [0.29, 0.717) is 30.7 Å². The topological polar surface area (TPSA) is 32.3 Å². The minimum atomic E-state index is -4.33. The average molecular weight is 459 g/mol. The quantitative estimate of drug-likeness (QED) is 0.470. The van der Waals surface area contributed by atoms with Crippen LogP contribution in [0.1, 0.15) is 64.9 Å². The number of carbonyl (C=O) groups is 1. The fourth-order valence-electron chi connectivity index (χ4n) is 5.42. The van der Waals surface area contributed by atoms with Crippen molar-refractivity contribution in [1.82, 2.24) is 10.2 Å². The smallest absolute Gasteiger partial charge is 0.323 e. The third-order valence-electron chi connectivity index (χ3n) is 6.95. The number of hydrogen-bond donors (Lipinski definition) is 1. The summed E-state index contributed by atoms with van der Waals surface area (Å²) < 4.78 is 41.9. The molecule has 3 nitrogen and oxygen atoms in total. The minimum Gasteiger partial charge on any atom is -0.323 e. The molecule has 2 aliphatic rings. The van der Waals surface area contributed by atoms with Gasteiger partial charge in [0.15, 0.2) is 0 Å². The largest absolute Gasteiger partial charge is 0.404 e. The van der Waals surface area contributed by atoms with E-state index in [1.54, 1.807) is 11.0 Å². The molecule has 31 heavy (non-hydrogen) atoms. The van der Waals surface area contributed by atoms with E-state index < -0.39 is 24.3 Å². The molecule has 1 aromatic rings. The lowest BCUT2D eigenvalue weighted by molar-refractivity contribution is -0.187. The molecule has 0 spiro atoms. The molecule has 0 aromatic heterocycles. The maximum Gasteiger partial charge on any atom is 0.404 e. The van der Waals surface area contributed by atoms with Gasteiger partial charge in [0.05, 0.1) is 12.1 Å². The first-order valence-electron chi connectivity index (χ1n) is 11.5. The highest BCUT2D eigenvalue weighted by Crippen LogP contribution is 2.40. The van der Waals surface area contributed by atoms with Gasteiger partial charge in [-0.05, 0) is 49.1 Å². The summed E-state index contributed by atoms with van der Waals surface area (Å²) in [4.78, 5) is 14.8. The standard InChI is InChI=1S/C24H34ClF3N2O/c1-4-20(29-22(24(26,27)28)16-10-6-5-7-11-16)30-21(15(2)3)18(23(30)31)14-17-12-8-9-13-19(17)25/h8-9,12-13,15-16,18,20-22,29H,4-7,10-11,14H2,1-3H3/t18-,20?,21?,22?/m1/s1. The van der Waals surface area contributed by atoms with Crippen LogP contribution in [0.15, 0.2) is 24.3 Å². The Morgan fingerprint density at radius 3 is 2.35 bits per heavy atom. The molecule has 1 aromatic carbocycles. The summed E-state index contributed by atoms with van der Waals surface area (Å²) in [7, 11) is 0. The van der Waals surface area contributed by atoms with Crippen LogP contribution in [0.4, 0.5) is 13.2 Å². The van der Waals surface area contributed by atoms with Crippen molar-refractivity contribution < 1.29 is 18.0 Å². The molecule has 3 rings (SSSR count). The molecule has 7 heteroatoms. The molecule has 4 atom stereocenters. The van der Waals surface area contributed by atoms with Gasteiger partial charge in [0, 0.05) is 11.1 Å². The molecule has 1 aliphatic carbocycles. The Morgan fingerprint density at radius 1 is 1.16 bits per heavy atom. The van der Waals surface area contributed by atoms with Gasteiger partial charge < -0.3 is 4.90 Å². The Hall–Kier alpha value is -1.27. The zero-order valence-electron chi connectivity index (χ0n) is 18.6. The molecule has 1 heterocycles. The van der Waals surface area contributed by atoms with Crippen molar-refractivity contribution in [3.63, 3.8) is 0 Å². The first-order valence-corrected chi connectivity index (χ1v) is 11.9. The number of benzene rings is 1. The van der Waals surface area contributed by atoms with E-state index in [2.05, 4.69) is 5.32 Å². The lowest BCUT2D eigenvalue weighted by Gasteiger charge is -2.54. The Balaban J connectivity index is 1.78. The number of rotatable bonds is 8. The second-order valence-corrected chi connectivity index (χ2v) is 9.80. The van der Waals surface area contributed by atoms with Crippen molar-refractivity contribution in [2.24, 2.45) is 17.8 Å². The summed E-state index contributed by atoms with van der Waals surface area (Å²) in [5, 5.41) is 3.50. The Morgan fingerprint density at radius 2 is 1.81 bits per heavy atom. The zero-order valence-corrected chi connectivity index (χ0v) is 19.3. The molecule has 0 radical (unpaired) electrons. The van der Waals surface area contributed by atoms with Crippen LogP contribution in [0.2, 0.25) is 5.02 Å². The van der Waals surface area contributed by atoms with Gasteiger partial charge >= 0.3 is 6.18 Å². The van der Waals surface area contributed by atoms with Gasteiger partial charge in [0.1, 0.15) is 6.04 Å². The summed E-state index contributed by atoms with van der Waals surface area (Å²) in [5.74, 6) is -0.618. The Labute approximate surface area is 188 Å². The molecule has 3 unspecified atom stereocenters. The number of likely N-dealkylation sites (tertiary alicyclic amines) is 1. The number of β-lactam (4-membered cyclic amide) rings is 1. The second kappa shape index (κ2) is 10.1. The van der Waals surface area contributed by atoms with Crippen LogP contribution in [-0.4, -0.2) is 35.2 Å². The zero-order chi connectivity index (χ0) is 22.8. The highest BCUT2D eigenvalue weighted by atomic mass is 35.5. The van der Waals surface area contributed by atoms with Gasteiger partial charge in [0.25, 0.3) is 0 Å². The van der Waals surface area contributed by atoms with Gasteiger partial charge in [-0.25, -0.2) is 0 Å². The molecular formula is C24H34ClF3N2O. The van der Waals surface area contributed by atoms with Crippen molar-refractivity contribution in [3.05, 3.63) is 34.9 Å². The van der Waals surface area contributed by atoms with Crippen molar-refractivity contribution in [1.29, 1.82) is 0 Å². The van der Waals surface area contributed by atoms with Gasteiger partial charge in [-0.15, -0.1) is 0 Å². The Bertz CT molecular complexity index is 749. The minimum absolute atomic E-state index is 0.0810. The van der Waals surface area contributed by atoms with Crippen LogP contribution in [0, 0.1) is 17.8 Å². The van der Waals surface area contributed by atoms with Gasteiger partial charge in [0.2, 0.25) is 5.91 Å². The first-order chi connectivity index (χ1) is 14.6. The SMILES string of the molecule is CCC(NC(C1CCCCC1)C(F)(F)F)N1C(=O)[C@H](Cc2ccccc2Cl)C1C(C)C. The summed E-state index contributed by atoms with van der Waals surface area (Å²) in [6.45, 7) is 5.90. The van der Waals surface area contributed by atoms with Crippen LogP contribution in [0.25, 0.3) is 0 Å². The van der Waals surface area contributed by atoms with Crippen molar-refractivity contribution >= 4 is 17.5 Å². The second-order valence-electron chi connectivity index (χ2n) is 9.39. The van der Waals surface area contributed by atoms with Crippen LogP contribution in [-0.2, 0) is 11.2 Å². The molecule has 1 aliphatic heterocycles. The lowest BCUT2D eigenvalue weighted by atomic mass is 9.76. The number of hydrogen-bond acceptors (Lipinski definition) is 2. The predicted octanol–water partition coefficient (Wildman–Crippen LogP) is 6.20. The highest BCUT2D eigenvalue weighted by molar-refractivity contribution is 6.31. The van der Waals surface area contributed by atoms with Crippen LogP contribution >= 0.6 is 11.6 Å². The van der Waals surface area contributed by atoms with Crippen LogP contribution in [0.3, 0.4) is 0 Å². The number of amides is 1. The van der Waals surface area contributed by atoms with E-state index >= 15 is 0 Å². The van der Waals surface area contributed by atoms with Crippen molar-refractivity contribution in [3.8, 4) is 0 Å². The molecule has 1 saturated carbocycles. The fourth-order valence-corrected chi connectivity index (χ4v) is 5.63. The summed E-state index contributed by atoms with van der Waals surface area (Å²) in [5.41, 5.74) is 0.907. The summed E-state index contributed by atoms with van der Waals surface area (Å²) >= 11 is 6.29. The fraction of sp³-hybridized carbons (Fsp3) is 0.708. The average Bonchev–Trinajstić information content (AvgIpc) is 2.72. The number of alkyl halides is 3. The molecule has 174 valence electrons. The number of nitrogens with one attached hydrogen (secondary N) is 1. The van der Waals surface area contributed by atoms with E-state index in [1.807, 2.05) is 39.0 Å². The van der Waals surface area contributed by atoms with E-state index in [0.717, 1.165) is 24.8 Å². The molecule has 1 saturated heterocycles. The van der Waals surface area contributed by atoms with E-state index in [9.17, 15) is 18.0 Å². The number of nitrogens with zero attached hydrogens (tertiary/aromatic N) is 1.